The molecule has 0 aromatic heterocycles. The molecular formula is C17H27Cl2N3O2. The quantitative estimate of drug-likeness (QED) is 0.843. The summed E-state index contributed by atoms with van der Waals surface area (Å²) in [6.45, 7) is 3.91. The van der Waals surface area contributed by atoms with Crippen molar-refractivity contribution in [3.8, 4) is 0 Å². The maximum absolute atomic E-state index is 12.3. The minimum absolute atomic E-state index is 0. The summed E-state index contributed by atoms with van der Waals surface area (Å²) in [5.74, 6) is 0.474. The van der Waals surface area contributed by atoms with E-state index in [0.29, 0.717) is 38.5 Å². The van der Waals surface area contributed by atoms with Gasteiger partial charge in [-0.25, -0.2) is 0 Å². The standard InChI is InChI=1S/C17H25N3O2.2ClH/c18-17(7-10-22-11-8-17)16(21)19-12-14-6-9-20(13-14)15-4-2-1-3-5-15;;/h1-5,14H,6-13,18H2,(H,19,21);2*1H. The topological polar surface area (TPSA) is 67.6 Å². The Balaban J connectivity index is 0.00000144. The van der Waals surface area contributed by atoms with Crippen LogP contribution in [0.1, 0.15) is 19.3 Å². The zero-order chi connectivity index (χ0) is 15.4. The maximum atomic E-state index is 12.3. The molecule has 1 aromatic rings. The van der Waals surface area contributed by atoms with Gasteiger partial charge in [-0.15, -0.1) is 24.8 Å². The van der Waals surface area contributed by atoms with Crippen LogP contribution in [0.2, 0.25) is 0 Å². The monoisotopic (exact) mass is 375 g/mol. The number of carbonyl (C=O) groups excluding carboxylic acids is 1. The molecule has 0 saturated carbocycles. The molecule has 2 heterocycles. The molecule has 0 bridgehead atoms. The van der Waals surface area contributed by atoms with Crippen LogP contribution in [-0.2, 0) is 9.53 Å². The van der Waals surface area contributed by atoms with E-state index in [1.54, 1.807) is 0 Å². The van der Waals surface area contributed by atoms with Gasteiger partial charge in [0.2, 0.25) is 5.91 Å². The predicted octanol–water partition coefficient (Wildman–Crippen LogP) is 1.98. The lowest BCUT2D eigenvalue weighted by Crippen LogP contribution is -2.57. The van der Waals surface area contributed by atoms with Crippen LogP contribution in [-0.4, -0.2) is 44.3 Å². The largest absolute Gasteiger partial charge is 0.381 e. The lowest BCUT2D eigenvalue weighted by atomic mass is 9.90. The molecule has 2 aliphatic rings. The van der Waals surface area contributed by atoms with E-state index in [9.17, 15) is 4.79 Å². The van der Waals surface area contributed by atoms with Gasteiger partial charge in [0.25, 0.3) is 0 Å². The fourth-order valence-electron chi connectivity index (χ4n) is 3.25. The van der Waals surface area contributed by atoms with Crippen LogP contribution in [0.4, 0.5) is 5.69 Å². The van der Waals surface area contributed by atoms with Crippen LogP contribution in [0.15, 0.2) is 30.3 Å². The molecule has 3 rings (SSSR count). The Morgan fingerprint density at radius 1 is 1.25 bits per heavy atom. The molecule has 1 aromatic carbocycles. The van der Waals surface area contributed by atoms with Crippen LogP contribution in [0.25, 0.3) is 0 Å². The molecule has 2 fully saturated rings. The number of amides is 1. The molecule has 3 N–H and O–H groups in total. The van der Waals surface area contributed by atoms with Crippen LogP contribution in [0, 0.1) is 5.92 Å². The number of nitrogens with two attached hydrogens (primary N) is 1. The molecule has 0 spiro atoms. The third-order valence-corrected chi connectivity index (χ3v) is 4.80. The third-order valence-electron chi connectivity index (χ3n) is 4.80. The molecule has 1 atom stereocenters. The van der Waals surface area contributed by atoms with E-state index < -0.39 is 5.54 Å². The van der Waals surface area contributed by atoms with Crippen molar-refractivity contribution in [3.05, 3.63) is 30.3 Å². The Morgan fingerprint density at radius 3 is 2.58 bits per heavy atom. The average molecular weight is 376 g/mol. The molecule has 2 saturated heterocycles. The number of anilines is 1. The van der Waals surface area contributed by atoms with E-state index in [1.165, 1.54) is 5.69 Å². The van der Waals surface area contributed by atoms with Crippen molar-refractivity contribution in [2.24, 2.45) is 11.7 Å². The van der Waals surface area contributed by atoms with Crippen molar-refractivity contribution in [1.82, 2.24) is 5.32 Å². The Hall–Kier alpha value is -1.01. The number of rotatable bonds is 4. The molecule has 0 radical (unpaired) electrons. The Morgan fingerprint density at radius 2 is 1.92 bits per heavy atom. The van der Waals surface area contributed by atoms with Gasteiger partial charge in [0, 0.05) is 38.5 Å². The van der Waals surface area contributed by atoms with Crippen molar-refractivity contribution >= 4 is 36.4 Å². The van der Waals surface area contributed by atoms with Gasteiger partial charge in [-0.1, -0.05) is 18.2 Å². The van der Waals surface area contributed by atoms with Crippen LogP contribution in [0.5, 0.6) is 0 Å². The van der Waals surface area contributed by atoms with E-state index in [1.807, 2.05) is 6.07 Å². The van der Waals surface area contributed by atoms with E-state index in [2.05, 4.69) is 34.5 Å². The third kappa shape index (κ3) is 4.99. The minimum Gasteiger partial charge on any atom is -0.381 e. The van der Waals surface area contributed by atoms with Gasteiger partial charge in [-0.3, -0.25) is 4.79 Å². The number of halogens is 2. The number of ether oxygens (including phenoxy) is 1. The van der Waals surface area contributed by atoms with Gasteiger partial charge in [0.15, 0.2) is 0 Å². The summed E-state index contributed by atoms with van der Waals surface area (Å²) in [6.07, 6.45) is 2.33. The average Bonchev–Trinajstić information content (AvgIpc) is 3.03. The maximum Gasteiger partial charge on any atom is 0.240 e. The van der Waals surface area contributed by atoms with Gasteiger partial charge in [0.05, 0.1) is 5.54 Å². The summed E-state index contributed by atoms with van der Waals surface area (Å²) >= 11 is 0. The van der Waals surface area contributed by atoms with Gasteiger partial charge >= 0.3 is 0 Å². The smallest absolute Gasteiger partial charge is 0.240 e. The fourth-order valence-corrected chi connectivity index (χ4v) is 3.25. The predicted molar refractivity (Wildman–Crippen MR) is 101 cm³/mol. The second-order valence-corrected chi connectivity index (χ2v) is 6.41. The molecule has 136 valence electrons. The molecule has 24 heavy (non-hydrogen) atoms. The molecule has 0 aliphatic carbocycles. The van der Waals surface area contributed by atoms with Crippen LogP contribution < -0.4 is 16.0 Å². The van der Waals surface area contributed by atoms with Crippen molar-refractivity contribution in [2.75, 3.05) is 37.7 Å². The van der Waals surface area contributed by atoms with E-state index in [0.717, 1.165) is 19.5 Å². The van der Waals surface area contributed by atoms with E-state index in [4.69, 9.17) is 10.5 Å². The van der Waals surface area contributed by atoms with Crippen LogP contribution >= 0.6 is 24.8 Å². The van der Waals surface area contributed by atoms with Crippen molar-refractivity contribution in [2.45, 2.75) is 24.8 Å². The first-order valence-electron chi connectivity index (χ1n) is 8.12. The lowest BCUT2D eigenvalue weighted by molar-refractivity contribution is -0.129. The summed E-state index contributed by atoms with van der Waals surface area (Å²) < 4.78 is 5.29. The summed E-state index contributed by atoms with van der Waals surface area (Å²) in [6, 6.07) is 10.4. The molecule has 5 nitrogen and oxygen atoms in total. The van der Waals surface area contributed by atoms with Gasteiger partial charge in [0.1, 0.15) is 0 Å². The SMILES string of the molecule is Cl.Cl.NC1(C(=O)NCC2CCN(c3ccccc3)C2)CCOCC1. The number of nitrogens with zero attached hydrogens (tertiary/aromatic N) is 1. The summed E-state index contributed by atoms with van der Waals surface area (Å²) in [7, 11) is 0. The first kappa shape index (κ1) is 21.0. The number of benzene rings is 1. The molecular weight excluding hydrogens is 349 g/mol. The van der Waals surface area contributed by atoms with Gasteiger partial charge in [-0.2, -0.15) is 0 Å². The van der Waals surface area contributed by atoms with E-state index in [-0.39, 0.29) is 30.7 Å². The second-order valence-electron chi connectivity index (χ2n) is 6.41. The first-order valence-corrected chi connectivity index (χ1v) is 8.12. The van der Waals surface area contributed by atoms with Crippen molar-refractivity contribution in [1.29, 1.82) is 0 Å². The highest BCUT2D eigenvalue weighted by molar-refractivity contribution is 5.86. The second kappa shape index (κ2) is 9.47. The number of carbonyl (C=O) groups is 1. The summed E-state index contributed by atoms with van der Waals surface area (Å²) in [4.78, 5) is 14.7. The number of hydrogen-bond acceptors (Lipinski definition) is 4. The van der Waals surface area contributed by atoms with Gasteiger partial charge in [-0.05, 0) is 37.3 Å². The zero-order valence-electron chi connectivity index (χ0n) is 13.8. The van der Waals surface area contributed by atoms with Crippen molar-refractivity contribution < 1.29 is 9.53 Å². The van der Waals surface area contributed by atoms with Crippen molar-refractivity contribution in [3.63, 3.8) is 0 Å². The minimum atomic E-state index is -0.740. The molecule has 1 amide bonds. The summed E-state index contributed by atoms with van der Waals surface area (Å²) in [5, 5.41) is 3.06. The fraction of sp³-hybridized carbons (Fsp3) is 0.588. The number of nitrogens with one attached hydrogen (secondary N) is 1. The Bertz CT molecular complexity index is 510. The molecule has 2 aliphatic heterocycles. The van der Waals surface area contributed by atoms with Gasteiger partial charge < -0.3 is 20.7 Å². The highest BCUT2D eigenvalue weighted by Crippen LogP contribution is 2.23. The summed E-state index contributed by atoms with van der Waals surface area (Å²) in [5.41, 5.74) is 6.72. The molecule has 1 unspecified atom stereocenters. The highest BCUT2D eigenvalue weighted by atomic mass is 35.5. The van der Waals surface area contributed by atoms with Crippen LogP contribution in [0.3, 0.4) is 0 Å². The lowest BCUT2D eigenvalue weighted by Gasteiger charge is -2.32. The number of hydrogen-bond donors (Lipinski definition) is 2. The normalized spacial score (nSPS) is 22.2. The molecule has 7 heteroatoms. The Kier molecular flexibility index (Phi) is 8.30. The number of para-hydroxylation sites is 1. The van der Waals surface area contributed by atoms with E-state index >= 15 is 0 Å². The Labute approximate surface area is 156 Å². The first-order chi connectivity index (χ1) is 10.7. The highest BCUT2D eigenvalue weighted by Gasteiger charge is 2.36. The zero-order valence-corrected chi connectivity index (χ0v) is 15.4.